The second-order valence-corrected chi connectivity index (χ2v) is 4.94. The Hall–Kier alpha value is -2.62. The van der Waals surface area contributed by atoms with E-state index >= 15 is 0 Å². The lowest BCUT2D eigenvalue weighted by Crippen LogP contribution is -2.24. The number of aromatic nitrogens is 1. The van der Waals surface area contributed by atoms with Gasteiger partial charge >= 0.3 is 0 Å². The fraction of sp³-hybridized carbons (Fsp3) is 0.118. The number of H-pyrrole nitrogens is 1. The number of carbonyl (C=O) groups excluding carboxylic acids is 1. The lowest BCUT2D eigenvalue weighted by Gasteiger charge is -2.06. The van der Waals surface area contributed by atoms with Gasteiger partial charge in [0, 0.05) is 23.8 Å². The maximum absolute atomic E-state index is 13.5. The van der Waals surface area contributed by atoms with Crippen LogP contribution in [0.1, 0.15) is 11.1 Å². The summed E-state index contributed by atoms with van der Waals surface area (Å²) in [6.45, 7) is 0.206. The molecule has 0 aliphatic heterocycles. The average Bonchev–Trinajstić information content (AvgIpc) is 2.94. The number of hydrogen-bond donors (Lipinski definition) is 2. The Morgan fingerprint density at radius 2 is 2.00 bits per heavy atom. The molecule has 0 saturated heterocycles. The van der Waals surface area contributed by atoms with Gasteiger partial charge in [0.25, 0.3) is 0 Å². The van der Waals surface area contributed by atoms with Gasteiger partial charge < -0.3 is 10.3 Å². The molecule has 0 aliphatic carbocycles. The van der Waals surface area contributed by atoms with E-state index in [0.717, 1.165) is 16.5 Å². The molecular weight excluding hydrogens is 267 g/mol. The van der Waals surface area contributed by atoms with E-state index in [1.807, 2.05) is 30.5 Å². The van der Waals surface area contributed by atoms with Gasteiger partial charge in [-0.2, -0.15) is 0 Å². The van der Waals surface area contributed by atoms with Crippen LogP contribution in [0.3, 0.4) is 0 Å². The molecule has 0 saturated carbocycles. The Balaban J connectivity index is 1.62. The van der Waals surface area contributed by atoms with Crippen molar-refractivity contribution in [3.05, 3.63) is 71.7 Å². The number of hydrogen-bond acceptors (Lipinski definition) is 1. The molecule has 2 N–H and O–H groups in total. The van der Waals surface area contributed by atoms with Crippen molar-refractivity contribution in [3.63, 3.8) is 0 Å². The Kier molecular flexibility index (Phi) is 3.69. The summed E-state index contributed by atoms with van der Waals surface area (Å²) in [6, 6.07) is 14.3. The van der Waals surface area contributed by atoms with Crippen LogP contribution in [0.2, 0.25) is 0 Å². The first-order chi connectivity index (χ1) is 10.2. The van der Waals surface area contributed by atoms with E-state index in [0.29, 0.717) is 5.56 Å². The topological polar surface area (TPSA) is 44.9 Å². The number of carbonyl (C=O) groups is 1. The molecule has 21 heavy (non-hydrogen) atoms. The molecule has 0 bridgehead atoms. The molecule has 3 aromatic rings. The van der Waals surface area contributed by atoms with E-state index in [-0.39, 0.29) is 24.7 Å². The highest BCUT2D eigenvalue weighted by molar-refractivity contribution is 5.83. The fourth-order valence-electron chi connectivity index (χ4n) is 2.30. The quantitative estimate of drug-likeness (QED) is 0.758. The van der Waals surface area contributed by atoms with E-state index in [9.17, 15) is 9.18 Å². The van der Waals surface area contributed by atoms with E-state index < -0.39 is 0 Å². The Labute approximate surface area is 121 Å². The first-order valence-electron chi connectivity index (χ1n) is 6.78. The van der Waals surface area contributed by atoms with Crippen LogP contribution in [-0.2, 0) is 17.8 Å². The predicted octanol–water partition coefficient (Wildman–Crippen LogP) is 3.17. The van der Waals surface area contributed by atoms with Crippen molar-refractivity contribution in [1.29, 1.82) is 0 Å². The van der Waals surface area contributed by atoms with Crippen LogP contribution in [0.4, 0.5) is 4.39 Å². The number of aromatic amines is 1. The number of benzene rings is 2. The molecule has 2 aromatic carbocycles. The molecule has 0 aliphatic rings. The monoisotopic (exact) mass is 282 g/mol. The second-order valence-electron chi connectivity index (χ2n) is 4.94. The molecule has 4 heteroatoms. The van der Waals surface area contributed by atoms with Gasteiger partial charge in [-0.1, -0.05) is 24.3 Å². The van der Waals surface area contributed by atoms with E-state index in [2.05, 4.69) is 10.3 Å². The van der Waals surface area contributed by atoms with E-state index in [4.69, 9.17) is 0 Å². The van der Waals surface area contributed by atoms with Crippen LogP contribution in [0.5, 0.6) is 0 Å². The zero-order chi connectivity index (χ0) is 14.7. The van der Waals surface area contributed by atoms with Crippen LogP contribution < -0.4 is 5.32 Å². The largest absolute Gasteiger partial charge is 0.361 e. The van der Waals surface area contributed by atoms with Crippen molar-refractivity contribution < 1.29 is 9.18 Å². The van der Waals surface area contributed by atoms with Crippen LogP contribution in [0.25, 0.3) is 10.9 Å². The molecule has 3 nitrogen and oxygen atoms in total. The summed E-state index contributed by atoms with van der Waals surface area (Å²) < 4.78 is 13.5. The van der Waals surface area contributed by atoms with E-state index in [1.165, 1.54) is 6.07 Å². The van der Waals surface area contributed by atoms with Gasteiger partial charge in [0.2, 0.25) is 5.91 Å². The van der Waals surface area contributed by atoms with Crippen LogP contribution in [-0.4, -0.2) is 10.9 Å². The number of amides is 1. The third-order valence-corrected chi connectivity index (χ3v) is 3.42. The first-order valence-corrected chi connectivity index (χ1v) is 6.78. The Bertz CT molecular complexity index is 779. The molecule has 1 amide bonds. The molecule has 0 spiro atoms. The molecule has 0 fully saturated rings. The molecule has 0 atom stereocenters. The van der Waals surface area contributed by atoms with Gasteiger partial charge in [-0.3, -0.25) is 4.79 Å². The molecular formula is C17H15FN2O. The summed E-state index contributed by atoms with van der Waals surface area (Å²) in [6.07, 6.45) is 2.16. The van der Waals surface area contributed by atoms with Crippen molar-refractivity contribution in [3.8, 4) is 0 Å². The standard InChI is InChI=1S/C17H15FN2O/c18-15-4-2-1-3-14(15)11-20-17(21)10-12-5-6-16-13(9-12)7-8-19-16/h1-9,19H,10-11H2,(H,20,21). The summed E-state index contributed by atoms with van der Waals surface area (Å²) in [7, 11) is 0. The minimum absolute atomic E-state index is 0.117. The van der Waals surface area contributed by atoms with Crippen molar-refractivity contribution in [2.75, 3.05) is 0 Å². The minimum Gasteiger partial charge on any atom is -0.361 e. The second kappa shape index (κ2) is 5.79. The molecule has 0 unspecified atom stereocenters. The Morgan fingerprint density at radius 3 is 2.86 bits per heavy atom. The SMILES string of the molecule is O=C(Cc1ccc2[nH]ccc2c1)NCc1ccccc1F. The van der Waals surface area contributed by atoms with Gasteiger partial charge in [-0.15, -0.1) is 0 Å². The molecule has 0 radical (unpaired) electrons. The normalized spacial score (nSPS) is 10.7. The van der Waals surface area contributed by atoms with Gasteiger partial charge in [-0.05, 0) is 35.2 Å². The van der Waals surface area contributed by atoms with Gasteiger partial charge in [0.05, 0.1) is 6.42 Å². The van der Waals surface area contributed by atoms with Gasteiger partial charge in [-0.25, -0.2) is 4.39 Å². The van der Waals surface area contributed by atoms with Crippen molar-refractivity contribution in [1.82, 2.24) is 10.3 Å². The summed E-state index contributed by atoms with van der Waals surface area (Å²) in [4.78, 5) is 15.0. The number of rotatable bonds is 4. The zero-order valence-electron chi connectivity index (χ0n) is 11.4. The smallest absolute Gasteiger partial charge is 0.224 e. The molecule has 106 valence electrons. The third kappa shape index (κ3) is 3.11. The highest BCUT2D eigenvalue weighted by Gasteiger charge is 2.06. The number of halogens is 1. The van der Waals surface area contributed by atoms with Crippen molar-refractivity contribution in [2.45, 2.75) is 13.0 Å². The van der Waals surface area contributed by atoms with Crippen molar-refractivity contribution >= 4 is 16.8 Å². The summed E-state index contributed by atoms with van der Waals surface area (Å²) in [5.41, 5.74) is 2.48. The zero-order valence-corrected chi connectivity index (χ0v) is 11.4. The fourth-order valence-corrected chi connectivity index (χ4v) is 2.30. The predicted molar refractivity (Wildman–Crippen MR) is 80.2 cm³/mol. The maximum Gasteiger partial charge on any atom is 0.224 e. The lowest BCUT2D eigenvalue weighted by atomic mass is 10.1. The lowest BCUT2D eigenvalue weighted by molar-refractivity contribution is -0.120. The maximum atomic E-state index is 13.5. The van der Waals surface area contributed by atoms with Crippen molar-refractivity contribution in [2.24, 2.45) is 0 Å². The summed E-state index contributed by atoms with van der Waals surface area (Å²) in [5.74, 6) is -0.417. The Morgan fingerprint density at radius 1 is 1.14 bits per heavy atom. The highest BCUT2D eigenvalue weighted by atomic mass is 19.1. The summed E-state index contributed by atoms with van der Waals surface area (Å²) >= 11 is 0. The highest BCUT2D eigenvalue weighted by Crippen LogP contribution is 2.14. The van der Waals surface area contributed by atoms with Crippen LogP contribution in [0, 0.1) is 5.82 Å². The number of fused-ring (bicyclic) bond motifs is 1. The summed E-state index contributed by atoms with van der Waals surface area (Å²) in [5, 5.41) is 3.82. The molecule has 1 aromatic heterocycles. The molecule has 1 heterocycles. The third-order valence-electron chi connectivity index (χ3n) is 3.42. The molecule has 3 rings (SSSR count). The minimum atomic E-state index is -0.299. The average molecular weight is 282 g/mol. The van der Waals surface area contributed by atoms with E-state index in [1.54, 1.807) is 18.2 Å². The van der Waals surface area contributed by atoms with Gasteiger partial charge in [0.1, 0.15) is 5.82 Å². The van der Waals surface area contributed by atoms with Crippen LogP contribution in [0.15, 0.2) is 54.7 Å². The first kappa shape index (κ1) is 13.4. The van der Waals surface area contributed by atoms with Gasteiger partial charge in [0.15, 0.2) is 0 Å². The van der Waals surface area contributed by atoms with Crippen LogP contribution >= 0.6 is 0 Å². The number of nitrogens with one attached hydrogen (secondary N) is 2.